The standard InChI is InChI=1S/C10H10BrF3O/c1-2-9(15,10(12,13)14)7-3-5-8(11)6-4-7/h3-6,15H,2H2,1H3. The van der Waals surface area contributed by atoms with Gasteiger partial charge in [0.15, 0.2) is 5.60 Å². The first-order valence-corrected chi connectivity index (χ1v) is 5.15. The van der Waals surface area contributed by atoms with Crippen molar-refractivity contribution < 1.29 is 18.3 Å². The molecule has 5 heteroatoms. The van der Waals surface area contributed by atoms with Crippen molar-refractivity contribution in [2.75, 3.05) is 0 Å². The van der Waals surface area contributed by atoms with Gasteiger partial charge in [-0.15, -0.1) is 0 Å². The summed E-state index contributed by atoms with van der Waals surface area (Å²) in [6.45, 7) is 1.30. The normalized spacial score (nSPS) is 16.1. The van der Waals surface area contributed by atoms with Crippen LogP contribution in [0, 0.1) is 0 Å². The highest BCUT2D eigenvalue weighted by molar-refractivity contribution is 9.10. The second kappa shape index (κ2) is 4.14. The van der Waals surface area contributed by atoms with Gasteiger partial charge in [0.25, 0.3) is 0 Å². The summed E-state index contributed by atoms with van der Waals surface area (Å²) in [7, 11) is 0. The molecule has 1 N–H and O–H groups in total. The summed E-state index contributed by atoms with van der Waals surface area (Å²) in [4.78, 5) is 0. The predicted molar refractivity (Wildman–Crippen MR) is 54.4 cm³/mol. The molecule has 0 bridgehead atoms. The molecule has 84 valence electrons. The van der Waals surface area contributed by atoms with Crippen LogP contribution in [0.1, 0.15) is 18.9 Å². The van der Waals surface area contributed by atoms with Crippen LogP contribution in [0.25, 0.3) is 0 Å². The Balaban J connectivity index is 3.18. The lowest BCUT2D eigenvalue weighted by Crippen LogP contribution is -2.41. The second-order valence-electron chi connectivity index (χ2n) is 3.22. The van der Waals surface area contributed by atoms with Crippen molar-refractivity contribution in [2.24, 2.45) is 0 Å². The van der Waals surface area contributed by atoms with Crippen molar-refractivity contribution >= 4 is 15.9 Å². The fraction of sp³-hybridized carbons (Fsp3) is 0.400. The summed E-state index contributed by atoms with van der Waals surface area (Å²) in [6.07, 6.45) is -5.06. The maximum Gasteiger partial charge on any atom is 0.421 e. The number of hydrogen-bond donors (Lipinski definition) is 1. The van der Waals surface area contributed by atoms with Crippen molar-refractivity contribution in [3.63, 3.8) is 0 Å². The maximum atomic E-state index is 12.6. The van der Waals surface area contributed by atoms with Crippen LogP contribution in [0.2, 0.25) is 0 Å². The lowest BCUT2D eigenvalue weighted by atomic mass is 9.90. The van der Waals surface area contributed by atoms with E-state index in [-0.39, 0.29) is 5.56 Å². The minimum Gasteiger partial charge on any atom is -0.376 e. The average Bonchev–Trinajstić information content (AvgIpc) is 2.16. The van der Waals surface area contributed by atoms with E-state index >= 15 is 0 Å². The van der Waals surface area contributed by atoms with Gasteiger partial charge in [0.2, 0.25) is 0 Å². The zero-order chi connectivity index (χ0) is 11.7. The first-order valence-electron chi connectivity index (χ1n) is 4.36. The second-order valence-corrected chi connectivity index (χ2v) is 4.13. The highest BCUT2D eigenvalue weighted by atomic mass is 79.9. The number of benzene rings is 1. The number of hydrogen-bond acceptors (Lipinski definition) is 1. The topological polar surface area (TPSA) is 20.2 Å². The predicted octanol–water partition coefficient (Wildman–Crippen LogP) is 3.61. The smallest absolute Gasteiger partial charge is 0.376 e. The minimum absolute atomic E-state index is 0.138. The number of alkyl halides is 3. The van der Waals surface area contributed by atoms with Gasteiger partial charge >= 0.3 is 6.18 Å². The van der Waals surface area contributed by atoms with Gasteiger partial charge in [-0.2, -0.15) is 13.2 Å². The maximum absolute atomic E-state index is 12.6. The zero-order valence-electron chi connectivity index (χ0n) is 7.98. The fourth-order valence-electron chi connectivity index (χ4n) is 1.29. The molecule has 0 heterocycles. The van der Waals surface area contributed by atoms with E-state index in [0.29, 0.717) is 4.47 Å². The molecule has 0 saturated carbocycles. The summed E-state index contributed by atoms with van der Waals surface area (Å²) in [5.41, 5.74) is -2.89. The minimum atomic E-state index is -4.66. The lowest BCUT2D eigenvalue weighted by molar-refractivity contribution is -0.267. The van der Waals surface area contributed by atoms with Gasteiger partial charge in [-0.1, -0.05) is 35.0 Å². The molecule has 0 spiro atoms. The SMILES string of the molecule is CCC(O)(c1ccc(Br)cc1)C(F)(F)F. The van der Waals surface area contributed by atoms with Gasteiger partial charge in [0.1, 0.15) is 0 Å². The summed E-state index contributed by atoms with van der Waals surface area (Å²) in [5, 5.41) is 9.58. The van der Waals surface area contributed by atoms with Crippen molar-refractivity contribution in [1.29, 1.82) is 0 Å². The van der Waals surface area contributed by atoms with Crippen molar-refractivity contribution in [3.05, 3.63) is 34.3 Å². The van der Waals surface area contributed by atoms with Gasteiger partial charge in [0.05, 0.1) is 0 Å². The molecule has 0 aliphatic rings. The van der Waals surface area contributed by atoms with Gasteiger partial charge in [-0.3, -0.25) is 0 Å². The summed E-state index contributed by atoms with van der Waals surface area (Å²) in [6, 6.07) is 5.48. The van der Waals surface area contributed by atoms with E-state index in [0.717, 1.165) is 0 Å². The van der Waals surface area contributed by atoms with E-state index in [1.807, 2.05) is 0 Å². The Morgan fingerprint density at radius 1 is 1.20 bits per heavy atom. The monoisotopic (exact) mass is 282 g/mol. The highest BCUT2D eigenvalue weighted by Crippen LogP contribution is 2.41. The van der Waals surface area contributed by atoms with E-state index in [4.69, 9.17) is 0 Å². The molecule has 0 aliphatic carbocycles. The first kappa shape index (κ1) is 12.5. The molecule has 1 rings (SSSR count). The number of halogens is 4. The van der Waals surface area contributed by atoms with Crippen LogP contribution < -0.4 is 0 Å². The Hall–Kier alpha value is -0.550. The van der Waals surface area contributed by atoms with Gasteiger partial charge < -0.3 is 5.11 Å². The van der Waals surface area contributed by atoms with Crippen LogP contribution in [0.15, 0.2) is 28.7 Å². The van der Waals surface area contributed by atoms with Crippen LogP contribution in [0.5, 0.6) is 0 Å². The van der Waals surface area contributed by atoms with E-state index in [1.54, 1.807) is 0 Å². The molecule has 1 atom stereocenters. The first-order chi connectivity index (χ1) is 6.81. The largest absolute Gasteiger partial charge is 0.421 e. The van der Waals surface area contributed by atoms with Gasteiger partial charge in [-0.25, -0.2) is 0 Å². The fourth-order valence-corrected chi connectivity index (χ4v) is 1.56. The Morgan fingerprint density at radius 3 is 2.00 bits per heavy atom. The molecule has 0 aromatic heterocycles. The van der Waals surface area contributed by atoms with E-state index < -0.39 is 18.2 Å². The molecule has 0 radical (unpaired) electrons. The summed E-state index contributed by atoms with van der Waals surface area (Å²) >= 11 is 3.12. The van der Waals surface area contributed by atoms with Crippen LogP contribution in [0.4, 0.5) is 13.2 Å². The van der Waals surface area contributed by atoms with E-state index in [2.05, 4.69) is 15.9 Å². The van der Waals surface area contributed by atoms with E-state index in [9.17, 15) is 18.3 Å². The number of aliphatic hydroxyl groups is 1. The molecule has 0 fully saturated rings. The Morgan fingerprint density at radius 2 is 1.67 bits per heavy atom. The number of rotatable bonds is 2. The molecule has 1 unspecified atom stereocenters. The quantitative estimate of drug-likeness (QED) is 0.879. The molecule has 0 saturated heterocycles. The molecule has 15 heavy (non-hydrogen) atoms. The van der Waals surface area contributed by atoms with Gasteiger partial charge in [0, 0.05) is 4.47 Å². The summed E-state index contributed by atoms with van der Waals surface area (Å²) in [5.74, 6) is 0. The zero-order valence-corrected chi connectivity index (χ0v) is 9.56. The lowest BCUT2D eigenvalue weighted by Gasteiger charge is -2.29. The third-order valence-corrected chi connectivity index (χ3v) is 2.83. The van der Waals surface area contributed by atoms with Crippen LogP contribution in [-0.2, 0) is 5.60 Å². The molecule has 0 amide bonds. The van der Waals surface area contributed by atoms with Gasteiger partial charge in [-0.05, 0) is 24.1 Å². The summed E-state index contributed by atoms with van der Waals surface area (Å²) < 4.78 is 38.6. The Bertz CT molecular complexity index is 334. The highest BCUT2D eigenvalue weighted by Gasteiger charge is 2.53. The van der Waals surface area contributed by atoms with Crippen molar-refractivity contribution in [1.82, 2.24) is 0 Å². The van der Waals surface area contributed by atoms with E-state index in [1.165, 1.54) is 31.2 Å². The van der Waals surface area contributed by atoms with Crippen LogP contribution in [-0.4, -0.2) is 11.3 Å². The van der Waals surface area contributed by atoms with Crippen LogP contribution >= 0.6 is 15.9 Å². The average molecular weight is 283 g/mol. The van der Waals surface area contributed by atoms with Crippen molar-refractivity contribution in [2.45, 2.75) is 25.1 Å². The molecular formula is C10H10BrF3O. The molecule has 0 aliphatic heterocycles. The third-order valence-electron chi connectivity index (χ3n) is 2.30. The third kappa shape index (κ3) is 2.34. The molecule has 1 aromatic carbocycles. The molecule has 1 aromatic rings. The van der Waals surface area contributed by atoms with Crippen molar-refractivity contribution in [3.8, 4) is 0 Å². The molecule has 1 nitrogen and oxygen atoms in total. The molecular weight excluding hydrogens is 273 g/mol. The van der Waals surface area contributed by atoms with Crippen LogP contribution in [0.3, 0.4) is 0 Å². The Labute approximate surface area is 94.0 Å². The Kier molecular flexibility index (Phi) is 3.45.